The number of nitrogens with zero attached hydrogens (tertiary/aromatic N) is 4. The van der Waals surface area contributed by atoms with Crippen molar-refractivity contribution in [2.75, 3.05) is 25.5 Å². The highest BCUT2D eigenvalue weighted by Gasteiger charge is 2.23. The first kappa shape index (κ1) is 21.3. The van der Waals surface area contributed by atoms with Crippen LogP contribution in [0.4, 0.5) is 11.5 Å². The molecule has 2 rings (SSSR count). The Kier molecular flexibility index (Phi) is 6.70. The van der Waals surface area contributed by atoms with E-state index >= 15 is 0 Å². The lowest BCUT2D eigenvalue weighted by atomic mass is 10.3. The van der Waals surface area contributed by atoms with E-state index < -0.39 is 20.9 Å². The summed E-state index contributed by atoms with van der Waals surface area (Å²) in [5.41, 5.74) is 0.176. The number of carbonyl (C=O) groups excluding carboxylic acids is 1. The highest BCUT2D eigenvalue weighted by molar-refractivity contribution is 7.89. The number of sulfonamides is 1. The summed E-state index contributed by atoms with van der Waals surface area (Å²) in [5.74, 6) is -0.621. The second-order valence-electron chi connectivity index (χ2n) is 5.66. The smallest absolute Gasteiger partial charge is 0.381 e. The van der Waals surface area contributed by atoms with Crippen LogP contribution in [0.2, 0.25) is 0 Å². The summed E-state index contributed by atoms with van der Waals surface area (Å²) in [5, 5.41) is 13.2. The lowest BCUT2D eigenvalue weighted by molar-refractivity contribution is -0.389. The number of nitro groups is 1. The van der Waals surface area contributed by atoms with Crippen molar-refractivity contribution >= 4 is 27.4 Å². The molecule has 0 aliphatic carbocycles. The SMILES string of the molecule is CCN(CC)S(=O)(=O)c1ccc(OC)c(NC(=O)Cn2cnc([N+](=O)[O-])c2)c1. The maximum atomic E-state index is 12.7. The van der Waals surface area contributed by atoms with Crippen LogP contribution in [0.1, 0.15) is 13.8 Å². The van der Waals surface area contributed by atoms with E-state index in [0.717, 1.165) is 12.5 Å². The summed E-state index contributed by atoms with van der Waals surface area (Å²) in [6.45, 7) is 3.85. The molecule has 0 aliphatic heterocycles. The minimum atomic E-state index is -3.71. The zero-order valence-electron chi connectivity index (χ0n) is 15.7. The number of aromatic nitrogens is 2. The Morgan fingerprint density at radius 2 is 2.04 bits per heavy atom. The quantitative estimate of drug-likeness (QED) is 0.487. The van der Waals surface area contributed by atoms with Gasteiger partial charge < -0.3 is 24.7 Å². The number of anilines is 1. The molecule has 11 nitrogen and oxygen atoms in total. The largest absolute Gasteiger partial charge is 0.495 e. The van der Waals surface area contributed by atoms with Crippen molar-refractivity contribution in [2.24, 2.45) is 0 Å². The van der Waals surface area contributed by atoms with Gasteiger partial charge in [-0.25, -0.2) is 8.42 Å². The van der Waals surface area contributed by atoms with E-state index in [1.54, 1.807) is 13.8 Å². The Bertz CT molecular complexity index is 968. The van der Waals surface area contributed by atoms with Crippen LogP contribution in [0.15, 0.2) is 35.6 Å². The summed E-state index contributed by atoms with van der Waals surface area (Å²) in [6.07, 6.45) is 2.29. The Morgan fingerprint density at radius 1 is 1.36 bits per heavy atom. The number of carbonyl (C=O) groups is 1. The molecule has 0 aliphatic rings. The monoisotopic (exact) mass is 411 g/mol. The predicted octanol–water partition coefficient (Wildman–Crippen LogP) is 1.47. The van der Waals surface area contributed by atoms with E-state index in [0.29, 0.717) is 13.1 Å². The number of amides is 1. The summed E-state index contributed by atoms with van der Waals surface area (Å²) in [7, 11) is -2.32. The Labute approximate surface area is 162 Å². The number of ether oxygens (including phenoxy) is 1. The van der Waals surface area contributed by atoms with Crippen LogP contribution in [-0.4, -0.2) is 53.3 Å². The number of rotatable bonds is 9. The number of imidazole rings is 1. The molecule has 28 heavy (non-hydrogen) atoms. The molecule has 0 saturated heterocycles. The van der Waals surface area contributed by atoms with Gasteiger partial charge in [0.1, 0.15) is 18.5 Å². The average molecular weight is 411 g/mol. The van der Waals surface area contributed by atoms with Gasteiger partial charge in [0.2, 0.25) is 22.3 Å². The van der Waals surface area contributed by atoms with Gasteiger partial charge in [-0.05, 0) is 28.1 Å². The maximum Gasteiger partial charge on any atom is 0.381 e. The van der Waals surface area contributed by atoms with E-state index in [2.05, 4.69) is 10.3 Å². The van der Waals surface area contributed by atoms with Gasteiger partial charge in [-0.15, -0.1) is 0 Å². The first-order valence-corrected chi connectivity index (χ1v) is 9.81. The van der Waals surface area contributed by atoms with Gasteiger partial charge in [0, 0.05) is 13.1 Å². The van der Waals surface area contributed by atoms with Crippen molar-refractivity contribution in [3.05, 3.63) is 40.8 Å². The number of methoxy groups -OCH3 is 1. The van der Waals surface area contributed by atoms with Crippen molar-refractivity contribution < 1.29 is 22.9 Å². The summed E-state index contributed by atoms with van der Waals surface area (Å²) >= 11 is 0. The molecule has 1 N–H and O–H groups in total. The van der Waals surface area contributed by atoms with E-state index in [9.17, 15) is 23.3 Å². The molecular formula is C16H21N5O6S. The van der Waals surface area contributed by atoms with Crippen LogP contribution in [0.5, 0.6) is 5.75 Å². The fourth-order valence-corrected chi connectivity index (χ4v) is 4.03. The second-order valence-corrected chi connectivity index (χ2v) is 7.60. The molecule has 1 heterocycles. The third-order valence-electron chi connectivity index (χ3n) is 3.92. The van der Waals surface area contributed by atoms with Crippen molar-refractivity contribution in [1.82, 2.24) is 13.9 Å². The molecular weight excluding hydrogens is 390 g/mol. The lowest BCUT2D eigenvalue weighted by Gasteiger charge is -2.19. The molecule has 0 saturated carbocycles. The van der Waals surface area contributed by atoms with Gasteiger partial charge >= 0.3 is 5.82 Å². The van der Waals surface area contributed by atoms with Gasteiger partial charge in [0.15, 0.2) is 0 Å². The molecule has 1 aromatic heterocycles. The van der Waals surface area contributed by atoms with Crippen LogP contribution in [0.25, 0.3) is 0 Å². The van der Waals surface area contributed by atoms with Crippen LogP contribution in [0, 0.1) is 10.1 Å². The molecule has 0 spiro atoms. The molecule has 0 fully saturated rings. The van der Waals surface area contributed by atoms with Gasteiger partial charge in [-0.1, -0.05) is 13.8 Å². The molecule has 2 aromatic rings. The van der Waals surface area contributed by atoms with Crippen molar-refractivity contribution in [3.8, 4) is 5.75 Å². The number of hydrogen-bond donors (Lipinski definition) is 1. The average Bonchev–Trinajstić information content (AvgIpc) is 3.11. The van der Waals surface area contributed by atoms with E-state index in [4.69, 9.17) is 4.74 Å². The topological polar surface area (TPSA) is 137 Å². The number of hydrogen-bond acceptors (Lipinski definition) is 7. The van der Waals surface area contributed by atoms with Crippen LogP contribution in [-0.2, 0) is 21.4 Å². The van der Waals surface area contributed by atoms with E-state index in [-0.39, 0.29) is 28.7 Å². The normalized spacial score (nSPS) is 11.4. The van der Waals surface area contributed by atoms with Gasteiger partial charge in [0.25, 0.3) is 0 Å². The molecule has 152 valence electrons. The fraction of sp³-hybridized carbons (Fsp3) is 0.375. The molecule has 0 radical (unpaired) electrons. The zero-order chi connectivity index (χ0) is 20.9. The standard InChI is InChI=1S/C16H21N5O6S/c1-4-20(5-2)28(25,26)12-6-7-14(27-3)13(8-12)18-16(22)10-19-9-15(17-11-19)21(23)24/h6-9,11H,4-5,10H2,1-3H3,(H,18,22). The summed E-state index contributed by atoms with van der Waals surface area (Å²) in [4.78, 5) is 25.9. The Hall–Kier alpha value is -2.99. The maximum absolute atomic E-state index is 12.7. The second kappa shape index (κ2) is 8.80. The Balaban J connectivity index is 2.26. The minimum Gasteiger partial charge on any atom is -0.495 e. The molecule has 12 heteroatoms. The molecule has 0 unspecified atom stereocenters. The third-order valence-corrected chi connectivity index (χ3v) is 5.97. The molecule has 0 bridgehead atoms. The molecule has 1 amide bonds. The first-order valence-electron chi connectivity index (χ1n) is 8.37. The van der Waals surface area contributed by atoms with E-state index in [1.165, 1.54) is 34.2 Å². The first-order chi connectivity index (χ1) is 13.2. The highest BCUT2D eigenvalue weighted by Crippen LogP contribution is 2.29. The minimum absolute atomic E-state index is 0.0190. The third kappa shape index (κ3) is 4.64. The highest BCUT2D eigenvalue weighted by atomic mass is 32.2. The lowest BCUT2D eigenvalue weighted by Crippen LogP contribution is -2.30. The van der Waals surface area contributed by atoms with Crippen molar-refractivity contribution in [3.63, 3.8) is 0 Å². The fourth-order valence-electron chi connectivity index (χ4n) is 2.54. The van der Waals surface area contributed by atoms with E-state index in [1.807, 2.05) is 0 Å². The van der Waals surface area contributed by atoms with Crippen LogP contribution >= 0.6 is 0 Å². The molecule has 0 atom stereocenters. The number of benzene rings is 1. The zero-order valence-corrected chi connectivity index (χ0v) is 16.5. The van der Waals surface area contributed by atoms with Crippen LogP contribution < -0.4 is 10.1 Å². The van der Waals surface area contributed by atoms with Gasteiger partial charge in [-0.3, -0.25) is 4.79 Å². The Morgan fingerprint density at radius 3 is 2.57 bits per heavy atom. The van der Waals surface area contributed by atoms with Crippen molar-refractivity contribution in [1.29, 1.82) is 0 Å². The van der Waals surface area contributed by atoms with Gasteiger partial charge in [-0.2, -0.15) is 4.31 Å². The summed E-state index contributed by atoms with van der Waals surface area (Å²) in [6, 6.07) is 4.18. The summed E-state index contributed by atoms with van der Waals surface area (Å²) < 4.78 is 33.1. The predicted molar refractivity (Wildman–Crippen MR) is 101 cm³/mol. The number of nitrogens with one attached hydrogen (secondary N) is 1. The van der Waals surface area contributed by atoms with Crippen LogP contribution in [0.3, 0.4) is 0 Å². The van der Waals surface area contributed by atoms with Gasteiger partial charge in [0.05, 0.1) is 17.7 Å². The molecule has 1 aromatic carbocycles. The van der Waals surface area contributed by atoms with Crippen molar-refractivity contribution in [2.45, 2.75) is 25.3 Å².